The molecule has 5 heteroatoms. The zero-order valence-electron chi connectivity index (χ0n) is 8.91. The van der Waals surface area contributed by atoms with Crippen molar-refractivity contribution in [3.05, 3.63) is 41.7 Å². The zero-order chi connectivity index (χ0) is 11.5. The number of phenols is 1. The van der Waals surface area contributed by atoms with Gasteiger partial charge in [-0.1, -0.05) is 17.3 Å². The largest absolute Gasteiger partial charge is 0.508 e. The highest BCUT2D eigenvalue weighted by molar-refractivity contribution is 5.27. The van der Waals surface area contributed by atoms with Crippen LogP contribution in [0.1, 0.15) is 24.3 Å². The van der Waals surface area contributed by atoms with Gasteiger partial charge in [0, 0.05) is 0 Å². The van der Waals surface area contributed by atoms with E-state index in [4.69, 9.17) is 0 Å². The quantitative estimate of drug-likeness (QED) is 0.810. The summed E-state index contributed by atoms with van der Waals surface area (Å²) >= 11 is 0. The first-order valence-electron chi connectivity index (χ1n) is 5.01. The first-order valence-corrected chi connectivity index (χ1v) is 5.01. The summed E-state index contributed by atoms with van der Waals surface area (Å²) in [4.78, 5) is 0. The minimum Gasteiger partial charge on any atom is -0.508 e. The Kier molecular flexibility index (Phi) is 2.87. The van der Waals surface area contributed by atoms with Crippen LogP contribution in [0.25, 0.3) is 0 Å². The van der Waals surface area contributed by atoms with Crippen molar-refractivity contribution in [1.82, 2.24) is 15.0 Å². The normalized spacial score (nSPS) is 12.6. The van der Waals surface area contributed by atoms with Crippen molar-refractivity contribution < 1.29 is 10.2 Å². The van der Waals surface area contributed by atoms with E-state index < -0.39 is 6.10 Å². The molecule has 0 aliphatic rings. The second kappa shape index (κ2) is 4.32. The Morgan fingerprint density at radius 3 is 2.88 bits per heavy atom. The molecule has 1 atom stereocenters. The molecule has 5 nitrogen and oxygen atoms in total. The topological polar surface area (TPSA) is 71.2 Å². The molecule has 0 saturated heterocycles. The maximum absolute atomic E-state index is 9.30. The monoisotopic (exact) mass is 219 g/mol. The summed E-state index contributed by atoms with van der Waals surface area (Å²) in [5, 5.41) is 26.3. The van der Waals surface area contributed by atoms with Crippen molar-refractivity contribution in [3.8, 4) is 5.75 Å². The van der Waals surface area contributed by atoms with Crippen molar-refractivity contribution in [1.29, 1.82) is 0 Å². The highest BCUT2D eigenvalue weighted by atomic mass is 16.3. The van der Waals surface area contributed by atoms with E-state index in [1.54, 1.807) is 36.0 Å². The van der Waals surface area contributed by atoms with Crippen LogP contribution in [0, 0.1) is 0 Å². The van der Waals surface area contributed by atoms with E-state index in [-0.39, 0.29) is 5.75 Å². The zero-order valence-corrected chi connectivity index (χ0v) is 8.91. The SMILES string of the molecule is CC(O)c1cn(Cc2cccc(O)c2)nn1. The average molecular weight is 219 g/mol. The van der Waals surface area contributed by atoms with Crippen molar-refractivity contribution in [2.24, 2.45) is 0 Å². The average Bonchev–Trinajstić information content (AvgIpc) is 2.66. The molecule has 1 heterocycles. The van der Waals surface area contributed by atoms with Crippen molar-refractivity contribution in [2.45, 2.75) is 19.6 Å². The summed E-state index contributed by atoms with van der Waals surface area (Å²) in [6, 6.07) is 6.95. The number of benzene rings is 1. The molecule has 84 valence electrons. The lowest BCUT2D eigenvalue weighted by Crippen LogP contribution is -2.00. The Morgan fingerprint density at radius 1 is 1.44 bits per heavy atom. The van der Waals surface area contributed by atoms with Crippen LogP contribution in [0.2, 0.25) is 0 Å². The molecule has 0 saturated carbocycles. The lowest BCUT2D eigenvalue weighted by atomic mass is 10.2. The van der Waals surface area contributed by atoms with E-state index in [0.29, 0.717) is 12.2 Å². The van der Waals surface area contributed by atoms with Crippen LogP contribution in [-0.2, 0) is 6.54 Å². The second-order valence-corrected chi connectivity index (χ2v) is 3.69. The minimum absolute atomic E-state index is 0.230. The highest BCUT2D eigenvalue weighted by Gasteiger charge is 2.06. The van der Waals surface area contributed by atoms with Gasteiger partial charge in [0.05, 0.1) is 18.8 Å². The molecule has 1 unspecified atom stereocenters. The number of aliphatic hydroxyl groups is 1. The first kappa shape index (κ1) is 10.6. The van der Waals surface area contributed by atoms with E-state index in [1.807, 2.05) is 6.07 Å². The summed E-state index contributed by atoms with van der Waals surface area (Å²) < 4.78 is 1.62. The third-order valence-electron chi connectivity index (χ3n) is 2.24. The van der Waals surface area contributed by atoms with Crippen LogP contribution in [0.3, 0.4) is 0 Å². The van der Waals surface area contributed by atoms with Gasteiger partial charge in [-0.25, -0.2) is 4.68 Å². The number of aliphatic hydroxyl groups excluding tert-OH is 1. The van der Waals surface area contributed by atoms with Crippen LogP contribution < -0.4 is 0 Å². The Labute approximate surface area is 93.0 Å². The summed E-state index contributed by atoms with van der Waals surface area (Å²) in [6.45, 7) is 2.16. The number of aromatic nitrogens is 3. The molecule has 2 aromatic rings. The molecule has 1 aromatic heterocycles. The van der Waals surface area contributed by atoms with Gasteiger partial charge in [-0.2, -0.15) is 0 Å². The number of hydrogen-bond acceptors (Lipinski definition) is 4. The molecule has 0 aliphatic carbocycles. The smallest absolute Gasteiger partial charge is 0.115 e. The number of phenolic OH excluding ortho intramolecular Hbond substituents is 1. The van der Waals surface area contributed by atoms with Gasteiger partial charge in [0.25, 0.3) is 0 Å². The van der Waals surface area contributed by atoms with Gasteiger partial charge in [-0.3, -0.25) is 0 Å². The summed E-state index contributed by atoms with van der Waals surface area (Å²) in [5.74, 6) is 0.230. The summed E-state index contributed by atoms with van der Waals surface area (Å²) in [7, 11) is 0. The molecule has 0 radical (unpaired) electrons. The molecule has 0 bridgehead atoms. The number of hydrogen-bond donors (Lipinski definition) is 2. The van der Waals surface area contributed by atoms with Gasteiger partial charge in [0.15, 0.2) is 0 Å². The van der Waals surface area contributed by atoms with Gasteiger partial charge in [0.1, 0.15) is 11.4 Å². The lowest BCUT2D eigenvalue weighted by molar-refractivity contribution is 0.194. The maximum Gasteiger partial charge on any atom is 0.115 e. The minimum atomic E-state index is -0.613. The van der Waals surface area contributed by atoms with Gasteiger partial charge >= 0.3 is 0 Å². The van der Waals surface area contributed by atoms with Crippen molar-refractivity contribution in [2.75, 3.05) is 0 Å². The molecular formula is C11H13N3O2. The number of rotatable bonds is 3. The summed E-state index contributed by atoms with van der Waals surface area (Å²) in [5.41, 5.74) is 1.47. The molecular weight excluding hydrogens is 206 g/mol. The first-order chi connectivity index (χ1) is 7.65. The second-order valence-electron chi connectivity index (χ2n) is 3.69. The fourth-order valence-electron chi connectivity index (χ4n) is 1.42. The number of aromatic hydroxyl groups is 1. The maximum atomic E-state index is 9.30. The van der Waals surface area contributed by atoms with Crippen molar-refractivity contribution >= 4 is 0 Å². The standard InChI is InChI=1S/C11H13N3O2/c1-8(15)11-7-14(13-12-11)6-9-3-2-4-10(16)5-9/h2-5,7-8,15-16H,6H2,1H3. The molecule has 0 spiro atoms. The highest BCUT2D eigenvalue weighted by Crippen LogP contribution is 2.13. The van der Waals surface area contributed by atoms with Crippen LogP contribution >= 0.6 is 0 Å². The van der Waals surface area contributed by atoms with Crippen molar-refractivity contribution in [3.63, 3.8) is 0 Å². The van der Waals surface area contributed by atoms with Gasteiger partial charge in [0.2, 0.25) is 0 Å². The Balaban J connectivity index is 2.14. The Morgan fingerprint density at radius 2 is 2.25 bits per heavy atom. The molecule has 16 heavy (non-hydrogen) atoms. The molecule has 2 N–H and O–H groups in total. The fourth-order valence-corrected chi connectivity index (χ4v) is 1.42. The predicted molar refractivity (Wildman–Crippen MR) is 57.9 cm³/mol. The molecule has 2 rings (SSSR count). The van der Waals surface area contributed by atoms with E-state index in [1.165, 1.54) is 0 Å². The van der Waals surface area contributed by atoms with Crippen LogP contribution in [0.15, 0.2) is 30.5 Å². The van der Waals surface area contributed by atoms with Crippen LogP contribution in [0.4, 0.5) is 0 Å². The fraction of sp³-hybridized carbons (Fsp3) is 0.273. The van der Waals surface area contributed by atoms with Crippen LogP contribution in [-0.4, -0.2) is 25.2 Å². The predicted octanol–water partition coefficient (Wildman–Crippen LogP) is 1.09. The Bertz CT molecular complexity index is 480. The van der Waals surface area contributed by atoms with Crippen LogP contribution in [0.5, 0.6) is 5.75 Å². The number of nitrogens with zero attached hydrogens (tertiary/aromatic N) is 3. The molecule has 0 aliphatic heterocycles. The molecule has 0 fully saturated rings. The third-order valence-corrected chi connectivity index (χ3v) is 2.24. The van der Waals surface area contributed by atoms with Gasteiger partial charge in [-0.15, -0.1) is 5.10 Å². The van der Waals surface area contributed by atoms with E-state index in [9.17, 15) is 10.2 Å². The third kappa shape index (κ3) is 2.38. The summed E-state index contributed by atoms with van der Waals surface area (Å²) in [6.07, 6.45) is 1.08. The van der Waals surface area contributed by atoms with E-state index >= 15 is 0 Å². The Hall–Kier alpha value is -1.88. The van der Waals surface area contributed by atoms with E-state index in [0.717, 1.165) is 5.56 Å². The molecule has 1 aromatic carbocycles. The lowest BCUT2D eigenvalue weighted by Gasteiger charge is -2.01. The van der Waals surface area contributed by atoms with Gasteiger partial charge < -0.3 is 10.2 Å². The van der Waals surface area contributed by atoms with E-state index in [2.05, 4.69) is 10.3 Å². The molecule has 0 amide bonds. The van der Waals surface area contributed by atoms with Gasteiger partial charge in [-0.05, 0) is 24.6 Å².